The van der Waals surface area contributed by atoms with Crippen LogP contribution < -0.4 is 21.3 Å². The average molecular weight is 541 g/mol. The molecule has 9 atom stereocenters. The summed E-state index contributed by atoms with van der Waals surface area (Å²) in [6, 6.07) is -0.929. The summed E-state index contributed by atoms with van der Waals surface area (Å²) in [7, 11) is -4.71. The first-order valence-corrected chi connectivity index (χ1v) is 12.2. The fourth-order valence-electron chi connectivity index (χ4n) is 3.95. The van der Waals surface area contributed by atoms with Crippen LogP contribution in [0, 0.1) is 0 Å². The van der Waals surface area contributed by atoms with Crippen LogP contribution in [0.3, 0.4) is 0 Å². The number of H-pyrrole nitrogens is 1. The lowest BCUT2D eigenvalue weighted by atomic mass is 9.88. The molecule has 0 bridgehead atoms. The Morgan fingerprint density at radius 1 is 1.06 bits per heavy atom. The molecule has 2 saturated heterocycles. The fourth-order valence-corrected chi connectivity index (χ4v) is 4.71. The molecule has 3 rings (SSSR count). The van der Waals surface area contributed by atoms with E-state index in [1.165, 1.54) is 0 Å². The van der Waals surface area contributed by atoms with E-state index in [-0.39, 0.29) is 6.42 Å². The number of carbonyl (C=O) groups excluding carboxylic acids is 1. The first kappa shape index (κ1) is 28.3. The number of piperidine rings is 1. The van der Waals surface area contributed by atoms with Crippen molar-refractivity contribution in [1.29, 1.82) is 0 Å². The van der Waals surface area contributed by atoms with E-state index in [0.717, 1.165) is 16.8 Å². The van der Waals surface area contributed by atoms with Gasteiger partial charge in [-0.1, -0.05) is 0 Å². The van der Waals surface area contributed by atoms with E-state index >= 15 is 0 Å². The second-order valence-corrected chi connectivity index (χ2v) is 9.75. The molecule has 204 valence electrons. The van der Waals surface area contributed by atoms with Gasteiger partial charge in [0.05, 0.1) is 31.5 Å². The van der Waals surface area contributed by atoms with Crippen molar-refractivity contribution in [3.63, 3.8) is 0 Å². The third kappa shape index (κ3) is 6.35. The summed E-state index contributed by atoms with van der Waals surface area (Å²) < 4.78 is 36.6. The second kappa shape index (κ2) is 11.4. The van der Waals surface area contributed by atoms with Gasteiger partial charge in [-0.2, -0.15) is 8.42 Å². The molecule has 1 aromatic rings. The highest BCUT2D eigenvalue weighted by Gasteiger charge is 2.45. The summed E-state index contributed by atoms with van der Waals surface area (Å²) in [5.41, 5.74) is -1.65. The largest absolute Gasteiger partial charge is 0.395 e. The molecule has 17 nitrogen and oxygen atoms in total. The molecule has 0 aliphatic carbocycles. The van der Waals surface area contributed by atoms with Crippen LogP contribution >= 0.6 is 0 Å². The van der Waals surface area contributed by atoms with Gasteiger partial charge in [-0.15, -0.1) is 0 Å². The van der Waals surface area contributed by atoms with Gasteiger partial charge in [0.15, 0.2) is 6.23 Å². The van der Waals surface area contributed by atoms with Crippen molar-refractivity contribution in [1.82, 2.24) is 19.6 Å². The zero-order chi connectivity index (χ0) is 26.8. The first-order chi connectivity index (χ1) is 16.8. The molecular weight excluding hydrogens is 512 g/mol. The number of ether oxygens (including phenoxy) is 1. The number of hydrogen-bond acceptors (Lipinski definition) is 14. The minimum atomic E-state index is -4.71. The number of carbonyl (C=O) groups is 1. The predicted octanol–water partition coefficient (Wildman–Crippen LogP) is -6.27. The van der Waals surface area contributed by atoms with E-state index in [9.17, 15) is 53.4 Å². The Labute approximate surface area is 203 Å². The molecule has 9 N–H and O–H groups in total. The molecule has 1 aromatic heterocycles. The quantitative estimate of drug-likeness (QED) is 0.141. The number of aliphatic hydroxyl groups excluding tert-OH is 6. The van der Waals surface area contributed by atoms with Crippen LogP contribution in [0.2, 0.25) is 0 Å². The van der Waals surface area contributed by atoms with E-state index in [0.29, 0.717) is 0 Å². The van der Waals surface area contributed by atoms with E-state index < -0.39 is 102 Å². The van der Waals surface area contributed by atoms with Gasteiger partial charge in [-0.05, 0) is 6.42 Å². The third-order valence-corrected chi connectivity index (χ3v) is 6.84. The predicted molar refractivity (Wildman–Crippen MR) is 115 cm³/mol. The maximum atomic E-state index is 12.1. The Morgan fingerprint density at radius 2 is 1.72 bits per heavy atom. The Balaban J connectivity index is 1.52. The maximum absolute atomic E-state index is 12.1. The summed E-state index contributed by atoms with van der Waals surface area (Å²) in [5.74, 6) is -1.05. The normalized spacial score (nSPS) is 35.0. The van der Waals surface area contributed by atoms with E-state index in [4.69, 9.17) is 4.74 Å². The molecule has 2 aliphatic rings. The fraction of sp³-hybridized carbons (Fsp3) is 0.722. The molecule has 0 spiro atoms. The molecule has 3 heterocycles. The number of aromatic amines is 1. The Morgan fingerprint density at radius 3 is 2.36 bits per heavy atom. The molecule has 0 unspecified atom stereocenters. The molecular formula is C18H28N4O13S. The molecule has 1 amide bonds. The van der Waals surface area contributed by atoms with Gasteiger partial charge in [0.25, 0.3) is 5.56 Å². The zero-order valence-electron chi connectivity index (χ0n) is 18.6. The molecule has 2 fully saturated rings. The minimum absolute atomic E-state index is 0.172. The van der Waals surface area contributed by atoms with Gasteiger partial charge in [0.2, 0.25) is 5.91 Å². The summed E-state index contributed by atoms with van der Waals surface area (Å²) in [5, 5.41) is 61.8. The van der Waals surface area contributed by atoms with Gasteiger partial charge in [-0.25, -0.2) is 9.52 Å². The van der Waals surface area contributed by atoms with Gasteiger partial charge in [0, 0.05) is 24.7 Å². The summed E-state index contributed by atoms with van der Waals surface area (Å²) in [4.78, 5) is 37.1. The third-order valence-electron chi connectivity index (χ3n) is 5.92. The van der Waals surface area contributed by atoms with Gasteiger partial charge in [-0.3, -0.25) is 23.3 Å². The Kier molecular flexibility index (Phi) is 8.98. The highest BCUT2D eigenvalue weighted by Crippen LogP contribution is 2.28. The van der Waals surface area contributed by atoms with Crippen LogP contribution in [0.5, 0.6) is 0 Å². The molecule has 0 saturated carbocycles. The highest BCUT2D eigenvalue weighted by atomic mass is 32.2. The minimum Gasteiger partial charge on any atom is -0.395 e. The first-order valence-electron chi connectivity index (χ1n) is 10.8. The van der Waals surface area contributed by atoms with Gasteiger partial charge < -0.3 is 40.7 Å². The smallest absolute Gasteiger partial charge is 0.362 e. The number of nitrogens with one attached hydrogen (secondary N) is 3. The highest BCUT2D eigenvalue weighted by molar-refractivity contribution is 7.85. The van der Waals surface area contributed by atoms with Crippen molar-refractivity contribution in [2.75, 3.05) is 13.2 Å². The number of aliphatic hydroxyl groups is 6. The van der Waals surface area contributed by atoms with Crippen molar-refractivity contribution < 1.29 is 52.8 Å². The maximum Gasteiger partial charge on any atom is 0.362 e. The van der Waals surface area contributed by atoms with Crippen molar-refractivity contribution in [3.8, 4) is 0 Å². The number of rotatable bonds is 9. The standard InChI is InChI=1S/C18H28N4O13S/c23-5-8-13(27)15(29)12(26)7(19-8)1-2-11(25)21-36(32,33)34-6-9-14(28)16(30)17(35-9)22-4-3-10(24)20-18(22)31/h3-4,7-9,12-17,19,23,26-30H,1-2,5-6H2,(H,21,25)(H,20,24,31)/t7-,8-,9-,12+,13+,14-,15-,16-,17-/m1/s1. The monoisotopic (exact) mass is 540 g/mol. The second-order valence-electron chi connectivity index (χ2n) is 8.40. The summed E-state index contributed by atoms with van der Waals surface area (Å²) in [6.07, 6.45) is -10.4. The van der Waals surface area contributed by atoms with Crippen molar-refractivity contribution in [2.45, 2.75) is 67.8 Å². The SMILES string of the molecule is O=C(CC[C@H]1N[C@H](CO)[C@H](O)[C@H](O)[C@H]1O)NS(=O)(=O)OC[C@H]1O[C@@H](n2ccc(=O)[nH]c2=O)[C@H](O)[C@@H]1O. The average Bonchev–Trinajstić information content (AvgIpc) is 3.09. The van der Waals surface area contributed by atoms with Gasteiger partial charge in [0.1, 0.15) is 24.4 Å². The zero-order valence-corrected chi connectivity index (χ0v) is 19.4. The van der Waals surface area contributed by atoms with E-state index in [1.54, 1.807) is 4.72 Å². The van der Waals surface area contributed by atoms with E-state index in [1.807, 2.05) is 4.98 Å². The van der Waals surface area contributed by atoms with Crippen molar-refractivity contribution in [2.24, 2.45) is 0 Å². The Hall–Kier alpha value is -2.26. The van der Waals surface area contributed by atoms with Crippen LogP contribution in [-0.4, -0.2) is 116 Å². The lowest BCUT2D eigenvalue weighted by Crippen LogP contribution is -2.65. The number of hydrogen-bond donors (Lipinski definition) is 9. The van der Waals surface area contributed by atoms with Crippen LogP contribution in [0.15, 0.2) is 21.9 Å². The lowest BCUT2D eigenvalue weighted by Gasteiger charge is -2.41. The number of amides is 1. The van der Waals surface area contributed by atoms with Crippen LogP contribution in [0.1, 0.15) is 19.1 Å². The topological polar surface area (TPSA) is 270 Å². The molecule has 0 aromatic carbocycles. The lowest BCUT2D eigenvalue weighted by molar-refractivity contribution is -0.125. The van der Waals surface area contributed by atoms with Crippen molar-refractivity contribution >= 4 is 16.2 Å². The molecule has 36 heavy (non-hydrogen) atoms. The van der Waals surface area contributed by atoms with Crippen LogP contribution in [0.25, 0.3) is 0 Å². The summed E-state index contributed by atoms with van der Waals surface area (Å²) >= 11 is 0. The van der Waals surface area contributed by atoms with Gasteiger partial charge >= 0.3 is 16.0 Å². The molecule has 0 radical (unpaired) electrons. The molecule has 18 heteroatoms. The number of aromatic nitrogens is 2. The number of nitrogens with zero attached hydrogens (tertiary/aromatic N) is 1. The molecule has 2 aliphatic heterocycles. The van der Waals surface area contributed by atoms with Crippen LogP contribution in [-0.2, 0) is 24.0 Å². The summed E-state index contributed by atoms with van der Waals surface area (Å²) in [6.45, 7) is -1.40. The van der Waals surface area contributed by atoms with E-state index in [2.05, 4.69) is 9.50 Å². The van der Waals surface area contributed by atoms with Crippen molar-refractivity contribution in [3.05, 3.63) is 33.1 Å². The van der Waals surface area contributed by atoms with Crippen LogP contribution in [0.4, 0.5) is 0 Å². The Bertz CT molecular complexity index is 1140.